The first-order valence-corrected chi connectivity index (χ1v) is 7.46. The van der Waals surface area contributed by atoms with Crippen LogP contribution >= 0.6 is 0 Å². The molecule has 0 radical (unpaired) electrons. The summed E-state index contributed by atoms with van der Waals surface area (Å²) in [6, 6.07) is 0. The van der Waals surface area contributed by atoms with Gasteiger partial charge in [-0.3, -0.25) is 9.48 Å². The molecule has 0 bridgehead atoms. The van der Waals surface area contributed by atoms with Gasteiger partial charge in [0.15, 0.2) is 0 Å². The van der Waals surface area contributed by atoms with Crippen LogP contribution in [0.25, 0.3) is 0 Å². The lowest BCUT2D eigenvalue weighted by Gasteiger charge is -2.07. The Hall–Kier alpha value is -1.43. The van der Waals surface area contributed by atoms with Crippen LogP contribution in [0.3, 0.4) is 0 Å². The molecule has 0 saturated carbocycles. The van der Waals surface area contributed by atoms with Crippen molar-refractivity contribution in [1.29, 1.82) is 0 Å². The summed E-state index contributed by atoms with van der Waals surface area (Å²) in [6.45, 7) is 1.79. The largest absolute Gasteiger partial charge is 0.481 e. The SMILES string of the molecule is O=C(O)CCCCc1cn(CCCC2CCCO2)nn1. The number of hydrogen-bond donors (Lipinski definition) is 1. The number of aliphatic carboxylic acids is 1. The van der Waals surface area contributed by atoms with Crippen molar-refractivity contribution in [2.45, 2.75) is 64.0 Å². The Labute approximate surface area is 119 Å². The van der Waals surface area contributed by atoms with E-state index in [2.05, 4.69) is 10.3 Å². The Morgan fingerprint density at radius 3 is 3.10 bits per heavy atom. The molecule has 0 aliphatic carbocycles. The first-order valence-electron chi connectivity index (χ1n) is 7.46. The summed E-state index contributed by atoms with van der Waals surface area (Å²) in [6.07, 6.45) is 9.52. The van der Waals surface area contributed by atoms with E-state index < -0.39 is 5.97 Å². The summed E-state index contributed by atoms with van der Waals surface area (Å²) in [5.41, 5.74) is 0.951. The number of carboxylic acids is 1. The second-order valence-electron chi connectivity index (χ2n) is 5.35. The van der Waals surface area contributed by atoms with Crippen LogP contribution in [0, 0.1) is 0 Å². The monoisotopic (exact) mass is 281 g/mol. The molecular formula is C14H23N3O3. The number of aryl methyl sites for hydroxylation is 2. The lowest BCUT2D eigenvalue weighted by atomic mass is 10.1. The normalized spacial score (nSPS) is 18.5. The number of carboxylic acid groups (broad SMARTS) is 1. The van der Waals surface area contributed by atoms with E-state index in [1.807, 2.05) is 10.9 Å². The summed E-state index contributed by atoms with van der Waals surface area (Å²) in [5, 5.41) is 16.8. The van der Waals surface area contributed by atoms with Crippen molar-refractivity contribution in [2.24, 2.45) is 0 Å². The van der Waals surface area contributed by atoms with Crippen molar-refractivity contribution < 1.29 is 14.6 Å². The van der Waals surface area contributed by atoms with Gasteiger partial charge in [-0.05, 0) is 44.9 Å². The van der Waals surface area contributed by atoms with Crippen LogP contribution in [0.1, 0.15) is 50.6 Å². The number of rotatable bonds is 9. The highest BCUT2D eigenvalue weighted by atomic mass is 16.5. The minimum atomic E-state index is -0.734. The molecule has 2 rings (SSSR count). The third-order valence-corrected chi connectivity index (χ3v) is 3.60. The third kappa shape index (κ3) is 5.28. The molecule has 1 aromatic rings. The second-order valence-corrected chi connectivity index (χ2v) is 5.35. The van der Waals surface area contributed by atoms with Gasteiger partial charge < -0.3 is 9.84 Å². The Kier molecular flexibility index (Phi) is 5.98. The highest BCUT2D eigenvalue weighted by molar-refractivity contribution is 5.66. The average Bonchev–Trinajstić information content (AvgIpc) is 3.06. The fraction of sp³-hybridized carbons (Fsp3) is 0.786. The predicted molar refractivity (Wildman–Crippen MR) is 73.4 cm³/mol. The second kappa shape index (κ2) is 7.99. The number of hydrogen-bond acceptors (Lipinski definition) is 4. The van der Waals surface area contributed by atoms with Crippen LogP contribution in [0.15, 0.2) is 6.20 Å². The van der Waals surface area contributed by atoms with E-state index in [4.69, 9.17) is 9.84 Å². The Bertz CT molecular complexity index is 414. The van der Waals surface area contributed by atoms with E-state index >= 15 is 0 Å². The van der Waals surface area contributed by atoms with Crippen molar-refractivity contribution in [3.63, 3.8) is 0 Å². The van der Waals surface area contributed by atoms with Crippen molar-refractivity contribution in [2.75, 3.05) is 6.61 Å². The average molecular weight is 281 g/mol. The Morgan fingerprint density at radius 2 is 2.35 bits per heavy atom. The molecule has 0 aromatic carbocycles. The molecule has 1 saturated heterocycles. The van der Waals surface area contributed by atoms with E-state index in [1.54, 1.807) is 0 Å². The first kappa shape index (κ1) is 15.0. The number of ether oxygens (including phenoxy) is 1. The van der Waals surface area contributed by atoms with Crippen molar-refractivity contribution in [1.82, 2.24) is 15.0 Å². The minimum Gasteiger partial charge on any atom is -0.481 e. The molecule has 6 heteroatoms. The lowest BCUT2D eigenvalue weighted by Crippen LogP contribution is -2.07. The predicted octanol–water partition coefficient (Wildman–Crippen LogP) is 2.03. The molecule has 20 heavy (non-hydrogen) atoms. The van der Waals surface area contributed by atoms with Gasteiger partial charge in [0.25, 0.3) is 0 Å². The molecule has 1 aromatic heterocycles. The quantitative estimate of drug-likeness (QED) is 0.701. The maximum atomic E-state index is 10.4. The van der Waals surface area contributed by atoms with Gasteiger partial charge in [0, 0.05) is 25.8 Å². The van der Waals surface area contributed by atoms with Gasteiger partial charge in [-0.2, -0.15) is 0 Å². The zero-order valence-corrected chi connectivity index (χ0v) is 11.8. The maximum Gasteiger partial charge on any atom is 0.303 e. The van der Waals surface area contributed by atoms with Crippen LogP contribution < -0.4 is 0 Å². The van der Waals surface area contributed by atoms with E-state index in [9.17, 15) is 4.79 Å². The fourth-order valence-corrected chi connectivity index (χ4v) is 2.50. The minimum absolute atomic E-state index is 0.232. The molecule has 1 atom stereocenters. The Balaban J connectivity index is 1.60. The molecule has 1 unspecified atom stereocenters. The third-order valence-electron chi connectivity index (χ3n) is 3.60. The van der Waals surface area contributed by atoms with E-state index in [-0.39, 0.29) is 6.42 Å². The van der Waals surface area contributed by atoms with Crippen LogP contribution in [0.4, 0.5) is 0 Å². The highest BCUT2D eigenvalue weighted by Gasteiger charge is 2.14. The maximum absolute atomic E-state index is 10.4. The van der Waals surface area contributed by atoms with Crippen molar-refractivity contribution in [3.8, 4) is 0 Å². The smallest absolute Gasteiger partial charge is 0.303 e. The van der Waals surface area contributed by atoms with Crippen LogP contribution in [-0.2, 0) is 22.5 Å². The van der Waals surface area contributed by atoms with Gasteiger partial charge in [0.05, 0.1) is 11.8 Å². The fourth-order valence-electron chi connectivity index (χ4n) is 2.50. The van der Waals surface area contributed by atoms with Gasteiger partial charge in [0.1, 0.15) is 0 Å². The van der Waals surface area contributed by atoms with E-state index in [0.717, 1.165) is 44.5 Å². The van der Waals surface area contributed by atoms with Gasteiger partial charge in [-0.15, -0.1) is 5.10 Å². The summed E-state index contributed by atoms with van der Waals surface area (Å²) >= 11 is 0. The zero-order valence-electron chi connectivity index (χ0n) is 11.8. The first-order chi connectivity index (χ1) is 9.74. The molecular weight excluding hydrogens is 258 g/mol. The number of unbranched alkanes of at least 4 members (excludes halogenated alkanes) is 1. The molecule has 112 valence electrons. The van der Waals surface area contributed by atoms with Gasteiger partial charge in [0.2, 0.25) is 0 Å². The van der Waals surface area contributed by atoms with E-state index in [0.29, 0.717) is 12.5 Å². The molecule has 1 aliphatic heterocycles. The Morgan fingerprint density at radius 1 is 1.45 bits per heavy atom. The summed E-state index contributed by atoms with van der Waals surface area (Å²) < 4.78 is 7.46. The number of nitrogens with zero attached hydrogens (tertiary/aromatic N) is 3. The summed E-state index contributed by atoms with van der Waals surface area (Å²) in [7, 11) is 0. The molecule has 0 amide bonds. The van der Waals surface area contributed by atoms with Crippen LogP contribution in [0.5, 0.6) is 0 Å². The van der Waals surface area contributed by atoms with Gasteiger partial charge >= 0.3 is 5.97 Å². The number of carbonyl (C=O) groups is 1. The summed E-state index contributed by atoms with van der Waals surface area (Å²) in [4.78, 5) is 10.4. The summed E-state index contributed by atoms with van der Waals surface area (Å²) in [5.74, 6) is -0.734. The molecule has 1 N–H and O–H groups in total. The van der Waals surface area contributed by atoms with Crippen LogP contribution in [-0.4, -0.2) is 38.8 Å². The molecule has 0 spiro atoms. The highest BCUT2D eigenvalue weighted by Crippen LogP contribution is 2.17. The standard InChI is InChI=1S/C14H23N3O3/c18-14(19)8-2-1-5-12-11-17(16-15-12)9-3-6-13-7-4-10-20-13/h11,13H,1-10H2,(H,18,19). The lowest BCUT2D eigenvalue weighted by molar-refractivity contribution is -0.137. The van der Waals surface area contributed by atoms with Gasteiger partial charge in [-0.1, -0.05) is 5.21 Å². The van der Waals surface area contributed by atoms with Crippen molar-refractivity contribution >= 4 is 5.97 Å². The molecule has 2 heterocycles. The zero-order chi connectivity index (χ0) is 14.2. The molecule has 1 fully saturated rings. The van der Waals surface area contributed by atoms with Crippen molar-refractivity contribution in [3.05, 3.63) is 11.9 Å². The topological polar surface area (TPSA) is 77.2 Å². The molecule has 1 aliphatic rings. The van der Waals surface area contributed by atoms with Gasteiger partial charge in [-0.25, -0.2) is 0 Å². The number of aromatic nitrogens is 3. The molecule has 6 nitrogen and oxygen atoms in total. The van der Waals surface area contributed by atoms with Crippen LogP contribution in [0.2, 0.25) is 0 Å². The van der Waals surface area contributed by atoms with E-state index in [1.165, 1.54) is 12.8 Å².